The Kier molecular flexibility index (Phi) is 4.70. The van der Waals surface area contributed by atoms with Crippen molar-refractivity contribution in [1.82, 2.24) is 4.72 Å². The summed E-state index contributed by atoms with van der Waals surface area (Å²) in [5.41, 5.74) is 1.04. The predicted molar refractivity (Wildman–Crippen MR) is 82.3 cm³/mol. The molecule has 21 heavy (non-hydrogen) atoms. The van der Waals surface area contributed by atoms with E-state index >= 15 is 0 Å². The van der Waals surface area contributed by atoms with Crippen molar-refractivity contribution >= 4 is 10.0 Å². The Balaban J connectivity index is 2.30. The van der Waals surface area contributed by atoms with Crippen LogP contribution in [0.5, 0.6) is 0 Å². The van der Waals surface area contributed by atoms with Crippen LogP contribution in [-0.2, 0) is 10.0 Å². The van der Waals surface area contributed by atoms with Crippen LogP contribution in [0.15, 0.2) is 23.1 Å². The van der Waals surface area contributed by atoms with Crippen LogP contribution >= 0.6 is 0 Å². The molecule has 2 rings (SSSR count). The number of benzene rings is 1. The third-order valence-electron chi connectivity index (χ3n) is 4.29. The molecule has 1 aliphatic carbocycles. The maximum Gasteiger partial charge on any atom is 0.241 e. The fraction of sp³-hybridized carbons (Fsp3) is 0.562. The quantitative estimate of drug-likeness (QED) is 0.872. The molecule has 1 aromatic rings. The van der Waals surface area contributed by atoms with E-state index in [1.165, 1.54) is 0 Å². The van der Waals surface area contributed by atoms with Crippen LogP contribution in [-0.4, -0.2) is 14.0 Å². The summed E-state index contributed by atoms with van der Waals surface area (Å²) in [5.74, 6) is 0. The zero-order chi connectivity index (χ0) is 15.5. The molecule has 0 aliphatic heterocycles. The average molecular weight is 306 g/mol. The van der Waals surface area contributed by atoms with Crippen molar-refractivity contribution in [3.63, 3.8) is 0 Å². The van der Waals surface area contributed by atoms with E-state index in [2.05, 4.69) is 10.8 Å². The largest absolute Gasteiger partial charge is 0.241 e. The van der Waals surface area contributed by atoms with E-state index in [0.717, 1.165) is 36.8 Å². The summed E-state index contributed by atoms with van der Waals surface area (Å²) in [5, 5.41) is 9.50. The Hall–Kier alpha value is -1.38. The third-order valence-corrected chi connectivity index (χ3v) is 5.82. The fourth-order valence-corrected chi connectivity index (χ4v) is 4.23. The van der Waals surface area contributed by atoms with Crippen LogP contribution in [0.4, 0.5) is 0 Å². The topological polar surface area (TPSA) is 70.0 Å². The van der Waals surface area contributed by atoms with Crippen molar-refractivity contribution in [2.24, 2.45) is 0 Å². The molecule has 0 atom stereocenters. The highest BCUT2D eigenvalue weighted by atomic mass is 32.2. The van der Waals surface area contributed by atoms with E-state index in [4.69, 9.17) is 0 Å². The van der Waals surface area contributed by atoms with Crippen molar-refractivity contribution < 1.29 is 8.42 Å². The molecule has 0 unspecified atom stereocenters. The molecular weight excluding hydrogens is 284 g/mol. The molecular formula is C16H22N2O2S. The van der Waals surface area contributed by atoms with E-state index in [1.807, 2.05) is 13.8 Å². The van der Waals surface area contributed by atoms with Crippen molar-refractivity contribution in [2.75, 3.05) is 0 Å². The third kappa shape index (κ3) is 3.63. The number of nitrogens with zero attached hydrogens (tertiary/aromatic N) is 1. The molecule has 114 valence electrons. The van der Waals surface area contributed by atoms with Crippen LogP contribution in [0, 0.1) is 25.2 Å². The first-order chi connectivity index (χ1) is 9.88. The highest BCUT2D eigenvalue weighted by molar-refractivity contribution is 7.89. The Morgan fingerprint density at radius 1 is 1.10 bits per heavy atom. The average Bonchev–Trinajstić information content (AvgIpc) is 2.67. The number of nitrogens with one attached hydrogen (secondary N) is 1. The number of hydrogen-bond acceptors (Lipinski definition) is 3. The minimum absolute atomic E-state index is 0.240. The lowest BCUT2D eigenvalue weighted by Gasteiger charge is -2.26. The van der Waals surface area contributed by atoms with Crippen molar-refractivity contribution in [3.05, 3.63) is 29.3 Å². The zero-order valence-corrected chi connectivity index (χ0v) is 13.5. The maximum atomic E-state index is 12.6. The minimum Gasteiger partial charge on any atom is -0.207 e. The number of aryl methyl sites for hydroxylation is 2. The molecule has 0 bridgehead atoms. The van der Waals surface area contributed by atoms with Gasteiger partial charge in [0.1, 0.15) is 5.54 Å². The molecule has 1 saturated carbocycles. The van der Waals surface area contributed by atoms with Gasteiger partial charge in [-0.1, -0.05) is 31.7 Å². The fourth-order valence-electron chi connectivity index (χ4n) is 2.77. The van der Waals surface area contributed by atoms with Gasteiger partial charge in [-0.05, 0) is 49.9 Å². The minimum atomic E-state index is -3.66. The van der Waals surface area contributed by atoms with Crippen LogP contribution in [0.2, 0.25) is 0 Å². The van der Waals surface area contributed by atoms with Crippen LogP contribution in [0.25, 0.3) is 0 Å². The second-order valence-corrected chi connectivity index (χ2v) is 7.64. The van der Waals surface area contributed by atoms with Gasteiger partial charge in [0.25, 0.3) is 0 Å². The molecule has 0 heterocycles. The van der Waals surface area contributed by atoms with Crippen LogP contribution in [0.1, 0.15) is 49.7 Å². The Morgan fingerprint density at radius 2 is 1.71 bits per heavy atom. The molecule has 0 amide bonds. The van der Waals surface area contributed by atoms with Gasteiger partial charge in [-0.3, -0.25) is 0 Å². The van der Waals surface area contributed by atoms with Gasteiger partial charge in [0.15, 0.2) is 0 Å². The summed E-state index contributed by atoms with van der Waals surface area (Å²) in [6, 6.07) is 7.29. The predicted octanol–water partition coefficient (Wildman–Crippen LogP) is 3.20. The molecule has 1 aromatic carbocycles. The van der Waals surface area contributed by atoms with Gasteiger partial charge in [-0.25, -0.2) is 8.42 Å². The lowest BCUT2D eigenvalue weighted by Crippen LogP contribution is -2.46. The Morgan fingerprint density at radius 3 is 2.24 bits per heavy atom. The smallest absolute Gasteiger partial charge is 0.207 e. The van der Waals surface area contributed by atoms with Gasteiger partial charge in [0.2, 0.25) is 10.0 Å². The molecule has 5 heteroatoms. The Labute approximate surface area is 127 Å². The number of nitriles is 1. The molecule has 1 aliphatic rings. The highest BCUT2D eigenvalue weighted by Gasteiger charge is 2.35. The molecule has 4 nitrogen and oxygen atoms in total. The second-order valence-electron chi connectivity index (χ2n) is 5.96. The van der Waals surface area contributed by atoms with E-state index < -0.39 is 15.6 Å². The van der Waals surface area contributed by atoms with Crippen LogP contribution < -0.4 is 4.72 Å². The van der Waals surface area contributed by atoms with Gasteiger partial charge in [0.05, 0.1) is 11.0 Å². The number of sulfonamides is 1. The highest BCUT2D eigenvalue weighted by Crippen LogP contribution is 2.28. The first-order valence-corrected chi connectivity index (χ1v) is 8.89. The first-order valence-electron chi connectivity index (χ1n) is 7.41. The summed E-state index contributed by atoms with van der Waals surface area (Å²) in [6.07, 6.45) is 5.09. The summed E-state index contributed by atoms with van der Waals surface area (Å²) in [6.45, 7) is 3.83. The maximum absolute atomic E-state index is 12.6. The first kappa shape index (κ1) is 16.0. The van der Waals surface area contributed by atoms with Gasteiger partial charge < -0.3 is 0 Å². The summed E-state index contributed by atoms with van der Waals surface area (Å²) in [7, 11) is -3.66. The molecule has 1 fully saturated rings. The molecule has 0 aromatic heterocycles. The number of rotatable bonds is 3. The van der Waals surface area contributed by atoms with Gasteiger partial charge in [-0.2, -0.15) is 9.98 Å². The van der Waals surface area contributed by atoms with E-state index in [9.17, 15) is 13.7 Å². The molecule has 1 N–H and O–H groups in total. The lowest BCUT2D eigenvalue weighted by molar-refractivity contribution is 0.422. The van der Waals surface area contributed by atoms with Gasteiger partial charge >= 0.3 is 0 Å². The van der Waals surface area contributed by atoms with Gasteiger partial charge in [-0.15, -0.1) is 0 Å². The summed E-state index contributed by atoms with van der Waals surface area (Å²) in [4.78, 5) is 0.240. The van der Waals surface area contributed by atoms with E-state index in [1.54, 1.807) is 18.2 Å². The van der Waals surface area contributed by atoms with Crippen LogP contribution in [0.3, 0.4) is 0 Å². The zero-order valence-electron chi connectivity index (χ0n) is 12.6. The van der Waals surface area contributed by atoms with E-state index in [0.29, 0.717) is 12.8 Å². The Bertz CT molecular complexity index is 651. The summed E-state index contributed by atoms with van der Waals surface area (Å²) < 4.78 is 27.8. The molecule has 0 saturated heterocycles. The van der Waals surface area contributed by atoms with Crippen molar-refractivity contribution in [2.45, 2.75) is 62.8 Å². The lowest BCUT2D eigenvalue weighted by atomic mass is 9.94. The van der Waals surface area contributed by atoms with Gasteiger partial charge in [0, 0.05) is 0 Å². The second kappa shape index (κ2) is 6.17. The van der Waals surface area contributed by atoms with E-state index in [-0.39, 0.29) is 4.90 Å². The standard InChI is InChI=1S/C16H22N2O2S/c1-13-7-8-15(11-14(13)2)21(19,20)18-16(12-17)9-5-3-4-6-10-16/h7-8,11,18H,3-6,9-10H2,1-2H3. The van der Waals surface area contributed by atoms with Crippen molar-refractivity contribution in [1.29, 1.82) is 5.26 Å². The summed E-state index contributed by atoms with van der Waals surface area (Å²) >= 11 is 0. The monoisotopic (exact) mass is 306 g/mol. The molecule has 0 spiro atoms. The molecule has 0 radical (unpaired) electrons. The SMILES string of the molecule is Cc1ccc(S(=O)(=O)NC2(C#N)CCCCCC2)cc1C. The van der Waals surface area contributed by atoms with Crippen molar-refractivity contribution in [3.8, 4) is 6.07 Å². The number of hydrogen-bond donors (Lipinski definition) is 1. The normalized spacial score (nSPS) is 18.7.